The van der Waals surface area contributed by atoms with Gasteiger partial charge in [0.05, 0.1) is 23.1 Å². The van der Waals surface area contributed by atoms with E-state index in [1.807, 2.05) is 13.8 Å². The summed E-state index contributed by atoms with van der Waals surface area (Å²) in [6, 6.07) is 10.3. The molecule has 1 heterocycles. The molecule has 0 aliphatic rings. The highest BCUT2D eigenvalue weighted by Crippen LogP contribution is 2.25. The lowest BCUT2D eigenvalue weighted by molar-refractivity contribution is -0.116. The number of aromatic nitrogens is 2. The van der Waals surface area contributed by atoms with Gasteiger partial charge >= 0.3 is 0 Å². The molecule has 0 saturated carbocycles. The second-order valence-electron chi connectivity index (χ2n) is 7.45. The molecule has 32 heavy (non-hydrogen) atoms. The molecule has 168 valence electrons. The Kier molecular flexibility index (Phi) is 7.25. The summed E-state index contributed by atoms with van der Waals surface area (Å²) in [4.78, 5) is 27.0. The van der Waals surface area contributed by atoms with Crippen LogP contribution < -0.4 is 5.32 Å². The molecule has 9 heteroatoms. The van der Waals surface area contributed by atoms with Crippen LogP contribution in [-0.2, 0) is 4.79 Å². The highest BCUT2D eigenvalue weighted by Gasteiger charge is 2.26. The lowest BCUT2D eigenvalue weighted by Gasteiger charge is -2.21. The van der Waals surface area contributed by atoms with Crippen molar-refractivity contribution in [2.24, 2.45) is 0 Å². The van der Waals surface area contributed by atoms with Crippen LogP contribution >= 0.6 is 11.6 Å². The van der Waals surface area contributed by atoms with E-state index in [0.717, 1.165) is 17.8 Å². The fourth-order valence-corrected chi connectivity index (χ4v) is 3.46. The topological polar surface area (TPSA) is 67.2 Å². The number of hydrogen-bond donors (Lipinski definition) is 1. The second-order valence-corrected chi connectivity index (χ2v) is 7.89. The van der Waals surface area contributed by atoms with Crippen LogP contribution in [0.25, 0.3) is 5.69 Å². The van der Waals surface area contributed by atoms with Crippen LogP contribution in [0.3, 0.4) is 0 Å². The zero-order chi connectivity index (χ0) is 23.4. The molecule has 2 amide bonds. The number of nitrogens with zero attached hydrogens (tertiary/aromatic N) is 3. The second kappa shape index (κ2) is 9.91. The third-order valence-corrected chi connectivity index (χ3v) is 5.14. The number of halogens is 3. The molecule has 1 N–H and O–H groups in total. The van der Waals surface area contributed by atoms with Gasteiger partial charge in [0, 0.05) is 11.6 Å². The number of likely N-dealkylation sites (N-methyl/N-ethyl adjacent to an activating group) is 1. The molecule has 3 rings (SSSR count). The highest BCUT2D eigenvalue weighted by molar-refractivity contribution is 6.30. The fraction of sp³-hybridized carbons (Fsp3) is 0.261. The summed E-state index contributed by atoms with van der Waals surface area (Å²) in [5.74, 6) is -2.94. The number of rotatable bonds is 7. The van der Waals surface area contributed by atoms with Gasteiger partial charge in [-0.05, 0) is 49.2 Å². The smallest absolute Gasteiger partial charge is 0.257 e. The van der Waals surface area contributed by atoms with E-state index in [9.17, 15) is 18.4 Å². The van der Waals surface area contributed by atoms with Crippen molar-refractivity contribution in [3.8, 4) is 5.69 Å². The number of para-hydroxylation sites is 1. The third-order valence-electron chi connectivity index (χ3n) is 4.89. The molecule has 0 fully saturated rings. The summed E-state index contributed by atoms with van der Waals surface area (Å²) >= 11 is 5.97. The zero-order valence-electron chi connectivity index (χ0n) is 17.9. The average molecular weight is 461 g/mol. The first-order chi connectivity index (χ1) is 15.2. The van der Waals surface area contributed by atoms with Crippen LogP contribution in [0.4, 0.5) is 14.5 Å². The predicted octanol–water partition coefficient (Wildman–Crippen LogP) is 5.03. The maximum Gasteiger partial charge on any atom is 0.257 e. The van der Waals surface area contributed by atoms with Gasteiger partial charge in [-0.3, -0.25) is 9.59 Å². The van der Waals surface area contributed by atoms with Gasteiger partial charge < -0.3 is 10.2 Å². The maximum atomic E-state index is 13.8. The summed E-state index contributed by atoms with van der Waals surface area (Å²) in [6.45, 7) is 5.43. The summed E-state index contributed by atoms with van der Waals surface area (Å²) in [5.41, 5.74) is 1.23. The van der Waals surface area contributed by atoms with Crippen LogP contribution in [0.2, 0.25) is 5.02 Å². The van der Waals surface area contributed by atoms with Crippen molar-refractivity contribution in [3.05, 3.63) is 76.6 Å². The van der Waals surface area contributed by atoms with Crippen molar-refractivity contribution in [1.29, 1.82) is 0 Å². The minimum absolute atomic E-state index is 0.0489. The third kappa shape index (κ3) is 4.96. The summed E-state index contributed by atoms with van der Waals surface area (Å²) < 4.78 is 29.3. The molecule has 0 radical (unpaired) electrons. The van der Waals surface area contributed by atoms with Gasteiger partial charge in [0.15, 0.2) is 0 Å². The number of anilines is 1. The van der Waals surface area contributed by atoms with Gasteiger partial charge in [-0.2, -0.15) is 5.10 Å². The minimum atomic E-state index is -0.890. The quantitative estimate of drug-likeness (QED) is 0.538. The number of carbonyl (C=O) groups excluding carboxylic acids is 2. The first-order valence-corrected chi connectivity index (χ1v) is 10.5. The fourth-order valence-electron chi connectivity index (χ4n) is 3.33. The van der Waals surface area contributed by atoms with Crippen LogP contribution in [0.1, 0.15) is 42.7 Å². The first-order valence-electron chi connectivity index (χ1n) is 10.1. The van der Waals surface area contributed by atoms with E-state index in [2.05, 4.69) is 10.4 Å². The van der Waals surface area contributed by atoms with E-state index in [-0.39, 0.29) is 19.0 Å². The number of carbonyl (C=O) groups is 2. The summed E-state index contributed by atoms with van der Waals surface area (Å²) in [5, 5.41) is 7.16. The first kappa shape index (κ1) is 23.4. The Bertz CT molecular complexity index is 1110. The van der Waals surface area contributed by atoms with Crippen molar-refractivity contribution in [1.82, 2.24) is 14.7 Å². The average Bonchev–Trinajstić information content (AvgIpc) is 3.20. The summed E-state index contributed by atoms with van der Waals surface area (Å²) in [7, 11) is 0. The zero-order valence-corrected chi connectivity index (χ0v) is 18.7. The van der Waals surface area contributed by atoms with Crippen LogP contribution in [0.5, 0.6) is 0 Å². The largest absolute Gasteiger partial charge is 0.329 e. The lowest BCUT2D eigenvalue weighted by Crippen LogP contribution is -2.38. The molecule has 0 aliphatic carbocycles. The number of amides is 2. The van der Waals surface area contributed by atoms with Gasteiger partial charge in [-0.25, -0.2) is 13.5 Å². The highest BCUT2D eigenvalue weighted by atomic mass is 35.5. The van der Waals surface area contributed by atoms with E-state index in [0.29, 0.717) is 16.3 Å². The van der Waals surface area contributed by atoms with Gasteiger partial charge in [-0.1, -0.05) is 31.5 Å². The van der Waals surface area contributed by atoms with Crippen molar-refractivity contribution in [3.63, 3.8) is 0 Å². The SMILES string of the molecule is CCN(CC(=O)Nc1c(F)cccc1F)C(=O)c1cnn(-c2ccc(Cl)cc2)c1C(C)C. The van der Waals surface area contributed by atoms with Gasteiger partial charge in [0.25, 0.3) is 5.91 Å². The summed E-state index contributed by atoms with van der Waals surface area (Å²) in [6.07, 6.45) is 1.46. The minimum Gasteiger partial charge on any atom is -0.329 e. The maximum absolute atomic E-state index is 13.8. The Hall–Kier alpha value is -3.26. The van der Waals surface area contributed by atoms with Crippen LogP contribution in [-0.4, -0.2) is 39.6 Å². The molecule has 6 nitrogen and oxygen atoms in total. The van der Waals surface area contributed by atoms with Gasteiger partial charge in [0.2, 0.25) is 5.91 Å². The van der Waals surface area contributed by atoms with E-state index in [4.69, 9.17) is 11.6 Å². The number of benzene rings is 2. The Labute approximate surface area is 189 Å². The molecule has 3 aromatic rings. The van der Waals surface area contributed by atoms with Crippen molar-refractivity contribution in [2.75, 3.05) is 18.4 Å². The molecule has 0 spiro atoms. The van der Waals surface area contributed by atoms with E-state index >= 15 is 0 Å². The molecule has 0 bridgehead atoms. The van der Waals surface area contributed by atoms with Gasteiger partial charge in [0.1, 0.15) is 23.9 Å². The number of hydrogen-bond acceptors (Lipinski definition) is 3. The van der Waals surface area contributed by atoms with E-state index in [1.165, 1.54) is 17.2 Å². The Morgan fingerprint density at radius 2 is 1.75 bits per heavy atom. The Morgan fingerprint density at radius 3 is 2.31 bits per heavy atom. The van der Waals surface area contributed by atoms with Gasteiger partial charge in [-0.15, -0.1) is 0 Å². The van der Waals surface area contributed by atoms with Crippen LogP contribution in [0.15, 0.2) is 48.7 Å². The molecule has 0 atom stereocenters. The van der Waals surface area contributed by atoms with Crippen LogP contribution in [0, 0.1) is 11.6 Å². The van der Waals surface area contributed by atoms with Crippen molar-refractivity contribution < 1.29 is 18.4 Å². The lowest BCUT2D eigenvalue weighted by atomic mass is 10.0. The molecular weight excluding hydrogens is 438 g/mol. The Balaban J connectivity index is 1.85. The normalized spacial score (nSPS) is 11.0. The number of nitrogens with one attached hydrogen (secondary N) is 1. The van der Waals surface area contributed by atoms with Crippen molar-refractivity contribution >= 4 is 29.1 Å². The van der Waals surface area contributed by atoms with E-state index in [1.54, 1.807) is 35.9 Å². The molecule has 1 aromatic heterocycles. The van der Waals surface area contributed by atoms with E-state index < -0.39 is 29.1 Å². The molecular formula is C23H23ClF2N4O2. The molecule has 0 aliphatic heterocycles. The molecule has 0 unspecified atom stereocenters. The Morgan fingerprint density at radius 1 is 1.12 bits per heavy atom. The predicted molar refractivity (Wildman–Crippen MR) is 119 cm³/mol. The molecule has 0 saturated heterocycles. The molecule has 2 aromatic carbocycles. The monoisotopic (exact) mass is 460 g/mol. The standard InChI is InChI=1S/C23H23ClF2N4O2/c1-4-29(13-20(31)28-21-18(25)6-5-7-19(21)26)23(32)17-12-27-30(22(17)14(2)3)16-10-8-15(24)9-11-16/h5-12,14H,4,13H2,1-3H3,(H,28,31). The van der Waals surface area contributed by atoms with Crippen molar-refractivity contribution in [2.45, 2.75) is 26.7 Å².